The van der Waals surface area contributed by atoms with Crippen LogP contribution in [0.2, 0.25) is 0 Å². The van der Waals surface area contributed by atoms with E-state index in [9.17, 15) is 14.4 Å². The van der Waals surface area contributed by atoms with Crippen molar-refractivity contribution in [3.63, 3.8) is 0 Å². The van der Waals surface area contributed by atoms with E-state index >= 15 is 0 Å². The summed E-state index contributed by atoms with van der Waals surface area (Å²) in [7, 11) is 1.86. The molecule has 39 heavy (non-hydrogen) atoms. The van der Waals surface area contributed by atoms with Crippen molar-refractivity contribution in [3.8, 4) is 11.1 Å². The van der Waals surface area contributed by atoms with Crippen LogP contribution in [0.15, 0.2) is 47.5 Å². The lowest BCUT2D eigenvalue weighted by atomic mass is 9.98. The Balaban J connectivity index is 1.12. The largest absolute Gasteiger partial charge is 0.342 e. The monoisotopic (exact) mass is 524 g/mol. The van der Waals surface area contributed by atoms with E-state index in [0.717, 1.165) is 91.8 Å². The van der Waals surface area contributed by atoms with Gasteiger partial charge < -0.3 is 9.80 Å². The first-order valence-corrected chi connectivity index (χ1v) is 14.5. The maximum atomic E-state index is 13.5. The van der Waals surface area contributed by atoms with Crippen LogP contribution >= 0.6 is 0 Å². The number of carbonyl (C=O) groups is 3. The van der Waals surface area contributed by atoms with Gasteiger partial charge >= 0.3 is 0 Å². The number of aryl methyl sites for hydroxylation is 1. The summed E-state index contributed by atoms with van der Waals surface area (Å²) < 4.78 is 0. The molecule has 2 aromatic rings. The van der Waals surface area contributed by atoms with Gasteiger partial charge in [-0.15, -0.1) is 0 Å². The van der Waals surface area contributed by atoms with Gasteiger partial charge in [0.2, 0.25) is 11.8 Å². The summed E-state index contributed by atoms with van der Waals surface area (Å²) in [5, 5.41) is 0. The maximum absolute atomic E-state index is 13.5. The summed E-state index contributed by atoms with van der Waals surface area (Å²) in [6.07, 6.45) is 6.61. The number of carbonyl (C=O) groups excluding carboxylic acids is 3. The van der Waals surface area contributed by atoms with E-state index < -0.39 is 5.54 Å². The highest BCUT2D eigenvalue weighted by molar-refractivity contribution is 6.17. The molecule has 7 rings (SSSR count). The number of hydrogen-bond donors (Lipinski definition) is 0. The van der Waals surface area contributed by atoms with Crippen molar-refractivity contribution in [1.82, 2.24) is 9.80 Å². The van der Waals surface area contributed by atoms with Crippen LogP contribution in [0, 0.1) is 24.7 Å². The minimum absolute atomic E-state index is 0.129. The van der Waals surface area contributed by atoms with Gasteiger partial charge in [0.1, 0.15) is 11.4 Å². The molecule has 1 saturated heterocycles. The summed E-state index contributed by atoms with van der Waals surface area (Å²) in [5.41, 5.74) is 4.56. The third-order valence-electron chi connectivity index (χ3n) is 9.20. The topological polar surface area (TPSA) is 73.3 Å². The Morgan fingerprint density at radius 3 is 2.44 bits per heavy atom. The molecule has 2 aliphatic heterocycles. The number of aliphatic imine (C=N–C) groups is 1. The number of likely N-dealkylation sites (tertiary alicyclic amines) is 1. The van der Waals surface area contributed by atoms with Gasteiger partial charge in [0, 0.05) is 49.8 Å². The smallest absolute Gasteiger partial charge is 0.256 e. The molecule has 2 aromatic carbocycles. The van der Waals surface area contributed by atoms with E-state index in [1.165, 1.54) is 0 Å². The van der Waals surface area contributed by atoms with Crippen LogP contribution in [0.25, 0.3) is 11.1 Å². The molecule has 1 unspecified atom stereocenters. The zero-order chi connectivity index (χ0) is 26.9. The van der Waals surface area contributed by atoms with Gasteiger partial charge in [-0.1, -0.05) is 30.3 Å². The third-order valence-corrected chi connectivity index (χ3v) is 9.20. The van der Waals surface area contributed by atoms with Gasteiger partial charge in [-0.3, -0.25) is 24.3 Å². The van der Waals surface area contributed by atoms with Crippen LogP contribution in [0.3, 0.4) is 0 Å². The number of rotatable bonds is 7. The highest BCUT2D eigenvalue weighted by atomic mass is 16.2. The SMILES string of the molecule is Cc1cc(-c2cccc(N(C)C(=O)C3CC3)c2)ccc1C1=NC2(CC2)C(=O)N1CC1CCN(C(=O)C2CC2)C1. The van der Waals surface area contributed by atoms with Crippen LogP contribution in [0.1, 0.15) is 56.1 Å². The number of anilines is 1. The van der Waals surface area contributed by atoms with Gasteiger partial charge in [0.15, 0.2) is 0 Å². The molecule has 2 heterocycles. The number of hydrogen-bond acceptors (Lipinski definition) is 4. The second-order valence-corrected chi connectivity index (χ2v) is 12.3. The highest BCUT2D eigenvalue weighted by Crippen LogP contribution is 2.46. The molecule has 0 N–H and O–H groups in total. The Hall–Kier alpha value is -3.48. The molecule has 0 radical (unpaired) electrons. The Morgan fingerprint density at radius 2 is 1.74 bits per heavy atom. The van der Waals surface area contributed by atoms with Crippen molar-refractivity contribution in [2.45, 2.75) is 57.4 Å². The molecule has 0 bridgehead atoms. The Labute approximate surface area is 229 Å². The van der Waals surface area contributed by atoms with Crippen LogP contribution in [0.4, 0.5) is 5.69 Å². The predicted molar refractivity (Wildman–Crippen MR) is 150 cm³/mol. The van der Waals surface area contributed by atoms with Crippen molar-refractivity contribution in [2.75, 3.05) is 31.6 Å². The molecule has 7 nitrogen and oxygen atoms in total. The Bertz CT molecular complexity index is 1400. The van der Waals surface area contributed by atoms with E-state index in [1.807, 2.05) is 29.0 Å². The highest BCUT2D eigenvalue weighted by Gasteiger charge is 2.57. The average Bonchev–Trinajstić information content (AvgIpc) is 3.83. The lowest BCUT2D eigenvalue weighted by Crippen LogP contribution is -2.41. The van der Waals surface area contributed by atoms with E-state index in [-0.39, 0.29) is 29.6 Å². The molecule has 3 aliphatic carbocycles. The summed E-state index contributed by atoms with van der Waals surface area (Å²) in [6, 6.07) is 14.5. The summed E-state index contributed by atoms with van der Waals surface area (Å²) in [4.78, 5) is 49.4. The van der Waals surface area contributed by atoms with Gasteiger partial charge in [0.25, 0.3) is 5.91 Å². The van der Waals surface area contributed by atoms with Gasteiger partial charge in [-0.2, -0.15) is 0 Å². The van der Waals surface area contributed by atoms with Gasteiger partial charge in [0.05, 0.1) is 0 Å². The minimum Gasteiger partial charge on any atom is -0.342 e. The summed E-state index contributed by atoms with van der Waals surface area (Å²) >= 11 is 0. The van der Waals surface area contributed by atoms with Crippen LogP contribution in [-0.2, 0) is 14.4 Å². The molecular weight excluding hydrogens is 488 g/mol. The fraction of sp³-hybridized carbons (Fsp3) is 0.500. The molecule has 7 heteroatoms. The standard InChI is InChI=1S/C32H36N4O3/c1-20-16-25(24-4-3-5-26(17-24)34(2)29(37)22-6-7-22)10-11-27(20)28-33-32(13-14-32)31(39)36(28)19-21-12-15-35(18-21)30(38)23-8-9-23/h3-5,10-11,16-17,21-23H,6-9,12-15,18-19H2,1-2H3. The minimum atomic E-state index is -0.560. The van der Waals surface area contributed by atoms with Crippen molar-refractivity contribution >= 4 is 29.2 Å². The van der Waals surface area contributed by atoms with Crippen molar-refractivity contribution < 1.29 is 14.4 Å². The number of benzene rings is 2. The van der Waals surface area contributed by atoms with Crippen molar-refractivity contribution in [1.29, 1.82) is 0 Å². The second kappa shape index (κ2) is 9.04. The molecule has 1 atom stereocenters. The molecule has 1 spiro atoms. The Kier molecular flexibility index (Phi) is 5.69. The lowest BCUT2D eigenvalue weighted by molar-refractivity contribution is -0.131. The summed E-state index contributed by atoms with van der Waals surface area (Å²) in [6.45, 7) is 4.25. The first kappa shape index (κ1) is 24.6. The van der Waals surface area contributed by atoms with Crippen LogP contribution in [-0.4, -0.2) is 65.6 Å². The van der Waals surface area contributed by atoms with E-state index in [0.29, 0.717) is 12.5 Å². The van der Waals surface area contributed by atoms with Crippen molar-refractivity contribution in [3.05, 3.63) is 53.6 Å². The first-order chi connectivity index (χ1) is 18.8. The zero-order valence-electron chi connectivity index (χ0n) is 22.9. The van der Waals surface area contributed by atoms with Crippen LogP contribution < -0.4 is 4.90 Å². The number of amides is 3. The fourth-order valence-electron chi connectivity index (χ4n) is 6.23. The molecular formula is C32H36N4O3. The number of nitrogens with zero attached hydrogens (tertiary/aromatic N) is 4. The molecule has 0 aromatic heterocycles. The normalized spacial score (nSPS) is 23.4. The molecule has 202 valence electrons. The van der Waals surface area contributed by atoms with Crippen molar-refractivity contribution in [2.24, 2.45) is 22.7 Å². The Morgan fingerprint density at radius 1 is 1.00 bits per heavy atom. The first-order valence-electron chi connectivity index (χ1n) is 14.5. The summed E-state index contributed by atoms with van der Waals surface area (Å²) in [5.74, 6) is 2.12. The average molecular weight is 525 g/mol. The third kappa shape index (κ3) is 4.46. The predicted octanol–water partition coefficient (Wildman–Crippen LogP) is 4.41. The lowest BCUT2D eigenvalue weighted by Gasteiger charge is -2.24. The zero-order valence-corrected chi connectivity index (χ0v) is 22.9. The molecule has 5 aliphatic rings. The van der Waals surface area contributed by atoms with Gasteiger partial charge in [-0.05, 0) is 86.6 Å². The maximum Gasteiger partial charge on any atom is 0.256 e. The molecule has 3 saturated carbocycles. The van der Waals surface area contributed by atoms with Crippen LogP contribution in [0.5, 0.6) is 0 Å². The quantitative estimate of drug-likeness (QED) is 0.539. The van der Waals surface area contributed by atoms with E-state index in [4.69, 9.17) is 4.99 Å². The fourth-order valence-corrected chi connectivity index (χ4v) is 6.23. The molecule has 3 amide bonds. The number of amidine groups is 1. The molecule has 4 fully saturated rings. The van der Waals surface area contributed by atoms with E-state index in [2.05, 4.69) is 37.3 Å². The second-order valence-electron chi connectivity index (χ2n) is 12.3. The van der Waals surface area contributed by atoms with Gasteiger partial charge in [-0.25, -0.2) is 0 Å². The van der Waals surface area contributed by atoms with E-state index in [1.54, 1.807) is 4.90 Å².